The van der Waals surface area contributed by atoms with E-state index in [4.69, 9.17) is 0 Å². The first-order valence-corrected chi connectivity index (χ1v) is 7.08. The second-order valence-corrected chi connectivity index (χ2v) is 5.78. The van der Waals surface area contributed by atoms with Gasteiger partial charge < -0.3 is 5.32 Å². The van der Waals surface area contributed by atoms with Crippen LogP contribution >= 0.6 is 11.3 Å². The normalized spacial score (nSPS) is 11.1. The zero-order valence-electron chi connectivity index (χ0n) is 11.4. The van der Waals surface area contributed by atoms with E-state index in [1.807, 2.05) is 29.9 Å². The molecule has 18 heavy (non-hydrogen) atoms. The number of nitrogens with one attached hydrogen (secondary N) is 1. The predicted octanol–water partition coefficient (Wildman–Crippen LogP) is 2.42. The Hall–Kier alpha value is -1.20. The molecule has 0 aromatic carbocycles. The molecule has 2 heterocycles. The van der Waals surface area contributed by atoms with E-state index in [1.54, 1.807) is 0 Å². The largest absolute Gasteiger partial charge is 0.312 e. The van der Waals surface area contributed by atoms with Crippen molar-refractivity contribution >= 4 is 11.3 Å². The van der Waals surface area contributed by atoms with Crippen LogP contribution in [0.2, 0.25) is 0 Å². The van der Waals surface area contributed by atoms with E-state index >= 15 is 0 Å². The molecule has 0 saturated carbocycles. The molecule has 1 N–H and O–H groups in total. The molecule has 0 aliphatic carbocycles. The van der Waals surface area contributed by atoms with E-state index in [0.29, 0.717) is 0 Å². The maximum Gasteiger partial charge on any atom is 0.147 e. The summed E-state index contributed by atoms with van der Waals surface area (Å²) < 4.78 is 1.97. The third-order valence-corrected chi connectivity index (χ3v) is 4.00. The fourth-order valence-corrected chi connectivity index (χ4v) is 2.98. The summed E-state index contributed by atoms with van der Waals surface area (Å²) in [7, 11) is 0. The molecule has 0 fully saturated rings. The molecule has 0 aliphatic heterocycles. The molecule has 0 unspecified atom stereocenters. The van der Waals surface area contributed by atoms with Crippen molar-refractivity contribution in [3.05, 3.63) is 33.0 Å². The number of aryl methyl sites for hydroxylation is 3. The zero-order chi connectivity index (χ0) is 13.1. The van der Waals surface area contributed by atoms with E-state index in [9.17, 15) is 0 Å². The lowest BCUT2D eigenvalue weighted by molar-refractivity contribution is 0.655. The fraction of sp³-hybridized carbons (Fsp3) is 0.538. The molecule has 2 rings (SSSR count). The summed E-state index contributed by atoms with van der Waals surface area (Å²) in [5.41, 5.74) is 1.35. The summed E-state index contributed by atoms with van der Waals surface area (Å²) in [6.07, 6.45) is 0. The molecule has 2 aromatic rings. The van der Waals surface area contributed by atoms with Gasteiger partial charge in [0.1, 0.15) is 11.6 Å². The van der Waals surface area contributed by atoms with Gasteiger partial charge in [-0.05, 0) is 38.9 Å². The maximum absolute atomic E-state index is 4.41. The molecule has 0 bridgehead atoms. The van der Waals surface area contributed by atoms with Gasteiger partial charge in [0.2, 0.25) is 0 Å². The van der Waals surface area contributed by atoms with Gasteiger partial charge in [0.05, 0.1) is 6.54 Å². The third-order valence-electron chi connectivity index (χ3n) is 2.90. The number of nitrogens with zero attached hydrogens (tertiary/aromatic N) is 3. The van der Waals surface area contributed by atoms with Crippen molar-refractivity contribution in [2.75, 3.05) is 6.54 Å². The Kier molecular flexibility index (Phi) is 4.14. The van der Waals surface area contributed by atoms with Crippen LogP contribution in [-0.4, -0.2) is 21.3 Å². The van der Waals surface area contributed by atoms with E-state index in [2.05, 4.69) is 35.3 Å². The van der Waals surface area contributed by atoms with E-state index in [1.165, 1.54) is 15.3 Å². The third kappa shape index (κ3) is 2.97. The molecule has 0 spiro atoms. The smallest absolute Gasteiger partial charge is 0.147 e. The highest BCUT2D eigenvalue weighted by atomic mass is 32.1. The molecular weight excluding hydrogens is 244 g/mol. The Labute approximate surface area is 112 Å². The second-order valence-electron chi connectivity index (χ2n) is 4.44. The standard InChI is InChI=1S/C13H20N4S/c1-5-14-7-13-6-12(9(2)18-13)8-17-11(4)15-10(3)16-17/h6,14H,5,7-8H2,1-4H3. The summed E-state index contributed by atoms with van der Waals surface area (Å²) in [4.78, 5) is 7.09. The molecule has 0 aliphatic rings. The summed E-state index contributed by atoms with van der Waals surface area (Å²) in [5, 5.41) is 7.77. The first-order valence-electron chi connectivity index (χ1n) is 6.27. The summed E-state index contributed by atoms with van der Waals surface area (Å²) >= 11 is 1.86. The van der Waals surface area contributed by atoms with Crippen LogP contribution in [0.3, 0.4) is 0 Å². The van der Waals surface area contributed by atoms with Crippen molar-refractivity contribution in [1.82, 2.24) is 20.1 Å². The van der Waals surface area contributed by atoms with E-state index in [0.717, 1.165) is 31.3 Å². The molecular formula is C13H20N4S. The fourth-order valence-electron chi connectivity index (χ4n) is 1.95. The number of hydrogen-bond acceptors (Lipinski definition) is 4. The molecule has 0 amide bonds. The van der Waals surface area contributed by atoms with Crippen LogP contribution in [0.25, 0.3) is 0 Å². The monoisotopic (exact) mass is 264 g/mol. The van der Waals surface area contributed by atoms with Crippen LogP contribution in [-0.2, 0) is 13.1 Å². The molecule has 0 radical (unpaired) electrons. The van der Waals surface area contributed by atoms with Crippen LogP contribution in [0, 0.1) is 20.8 Å². The maximum atomic E-state index is 4.41. The average molecular weight is 264 g/mol. The van der Waals surface area contributed by atoms with Gasteiger partial charge in [-0.15, -0.1) is 11.3 Å². The van der Waals surface area contributed by atoms with Gasteiger partial charge in [-0.25, -0.2) is 9.67 Å². The Morgan fingerprint density at radius 2 is 2.11 bits per heavy atom. The van der Waals surface area contributed by atoms with Gasteiger partial charge >= 0.3 is 0 Å². The van der Waals surface area contributed by atoms with E-state index in [-0.39, 0.29) is 0 Å². The number of thiophene rings is 1. The van der Waals surface area contributed by atoms with Crippen LogP contribution in [0.1, 0.15) is 33.9 Å². The highest BCUT2D eigenvalue weighted by Crippen LogP contribution is 2.22. The van der Waals surface area contributed by atoms with Crippen LogP contribution < -0.4 is 5.32 Å². The topological polar surface area (TPSA) is 42.7 Å². The lowest BCUT2D eigenvalue weighted by Crippen LogP contribution is -2.10. The Bertz CT molecular complexity index is 527. The summed E-state index contributed by atoms with van der Waals surface area (Å²) in [6.45, 7) is 11.0. The first kappa shape index (κ1) is 13.2. The molecule has 5 heteroatoms. The summed E-state index contributed by atoms with van der Waals surface area (Å²) in [6, 6.07) is 2.28. The minimum Gasteiger partial charge on any atom is -0.312 e. The van der Waals surface area contributed by atoms with Gasteiger partial charge in [0, 0.05) is 16.3 Å². The highest BCUT2D eigenvalue weighted by Gasteiger charge is 2.09. The first-order chi connectivity index (χ1) is 8.60. The van der Waals surface area contributed by atoms with Gasteiger partial charge in [-0.2, -0.15) is 5.10 Å². The van der Waals surface area contributed by atoms with Crippen molar-refractivity contribution in [2.24, 2.45) is 0 Å². The highest BCUT2D eigenvalue weighted by molar-refractivity contribution is 7.12. The van der Waals surface area contributed by atoms with Crippen LogP contribution in [0.15, 0.2) is 6.07 Å². The second kappa shape index (κ2) is 5.63. The minimum atomic E-state index is 0.821. The molecule has 4 nitrogen and oxygen atoms in total. The van der Waals surface area contributed by atoms with Gasteiger partial charge in [0.15, 0.2) is 0 Å². The Morgan fingerprint density at radius 3 is 2.72 bits per heavy atom. The quantitative estimate of drug-likeness (QED) is 0.902. The molecule has 0 saturated heterocycles. The van der Waals surface area contributed by atoms with Crippen LogP contribution in [0.5, 0.6) is 0 Å². The molecule has 0 atom stereocenters. The number of aromatic nitrogens is 3. The average Bonchev–Trinajstić information content (AvgIpc) is 2.81. The van der Waals surface area contributed by atoms with Crippen molar-refractivity contribution in [3.63, 3.8) is 0 Å². The van der Waals surface area contributed by atoms with E-state index < -0.39 is 0 Å². The van der Waals surface area contributed by atoms with Crippen LogP contribution in [0.4, 0.5) is 0 Å². The Morgan fingerprint density at radius 1 is 1.33 bits per heavy atom. The predicted molar refractivity (Wildman–Crippen MR) is 75.0 cm³/mol. The lowest BCUT2D eigenvalue weighted by Gasteiger charge is -2.01. The zero-order valence-corrected chi connectivity index (χ0v) is 12.3. The Balaban J connectivity index is 2.13. The molecule has 2 aromatic heterocycles. The molecule has 98 valence electrons. The van der Waals surface area contributed by atoms with Gasteiger partial charge in [-0.1, -0.05) is 6.92 Å². The van der Waals surface area contributed by atoms with Crippen molar-refractivity contribution < 1.29 is 0 Å². The number of hydrogen-bond donors (Lipinski definition) is 1. The summed E-state index contributed by atoms with van der Waals surface area (Å²) in [5.74, 6) is 1.82. The van der Waals surface area contributed by atoms with Crippen molar-refractivity contribution in [3.8, 4) is 0 Å². The van der Waals surface area contributed by atoms with Gasteiger partial charge in [-0.3, -0.25) is 0 Å². The van der Waals surface area contributed by atoms with Crippen molar-refractivity contribution in [1.29, 1.82) is 0 Å². The lowest BCUT2D eigenvalue weighted by atomic mass is 10.2. The number of rotatable bonds is 5. The minimum absolute atomic E-state index is 0.821. The van der Waals surface area contributed by atoms with Gasteiger partial charge in [0.25, 0.3) is 0 Å². The SMILES string of the molecule is CCNCc1cc(Cn2nc(C)nc2C)c(C)s1. The van der Waals surface area contributed by atoms with Crippen molar-refractivity contribution in [2.45, 2.75) is 40.8 Å².